The molecule has 0 radical (unpaired) electrons. The van der Waals surface area contributed by atoms with Crippen molar-refractivity contribution in [3.8, 4) is 0 Å². The van der Waals surface area contributed by atoms with Gasteiger partial charge in [-0.05, 0) is 26.7 Å². The van der Waals surface area contributed by atoms with E-state index in [2.05, 4.69) is 10.6 Å². The lowest BCUT2D eigenvalue weighted by atomic mass is 10.1. The van der Waals surface area contributed by atoms with E-state index >= 15 is 0 Å². The first-order valence-corrected chi connectivity index (χ1v) is 6.21. The predicted octanol–water partition coefficient (Wildman–Crippen LogP) is 1.82. The van der Waals surface area contributed by atoms with Gasteiger partial charge in [-0.2, -0.15) is 0 Å². The van der Waals surface area contributed by atoms with Crippen LogP contribution in [-0.2, 0) is 4.79 Å². The molecule has 2 N–H and O–H groups in total. The maximum atomic E-state index is 11.4. The maximum Gasteiger partial charge on any atom is 0.234 e. The fourth-order valence-corrected chi connectivity index (χ4v) is 2.09. The molecule has 88 valence electrons. The van der Waals surface area contributed by atoms with E-state index in [1.807, 2.05) is 13.8 Å². The Hall–Kier alpha value is -0.570. The average Bonchev–Trinajstić information content (AvgIpc) is 2.41. The van der Waals surface area contributed by atoms with Gasteiger partial charge in [0.2, 0.25) is 5.91 Å². The number of amides is 1. The van der Waals surface area contributed by atoms with Crippen molar-refractivity contribution in [2.24, 2.45) is 0 Å². The zero-order valence-electron chi connectivity index (χ0n) is 10.0. The predicted molar refractivity (Wildman–Crippen MR) is 62.8 cm³/mol. The van der Waals surface area contributed by atoms with Crippen LogP contribution in [0.25, 0.3) is 0 Å². The summed E-state index contributed by atoms with van der Waals surface area (Å²) in [5.41, 5.74) is 0. The summed E-state index contributed by atoms with van der Waals surface area (Å²) in [6.45, 7) is 4.45. The van der Waals surface area contributed by atoms with Crippen molar-refractivity contribution in [2.75, 3.05) is 6.54 Å². The van der Waals surface area contributed by atoms with Crippen molar-refractivity contribution in [3.63, 3.8) is 0 Å². The summed E-state index contributed by atoms with van der Waals surface area (Å²) >= 11 is 0. The smallest absolute Gasteiger partial charge is 0.234 e. The Kier molecular flexibility index (Phi) is 5.69. The summed E-state index contributed by atoms with van der Waals surface area (Å²) < 4.78 is 0. The number of nitrogens with one attached hydrogen (secondary N) is 2. The zero-order chi connectivity index (χ0) is 11.1. The molecule has 1 fully saturated rings. The Labute approximate surface area is 93.0 Å². The normalized spacial score (nSPS) is 18.9. The van der Waals surface area contributed by atoms with E-state index in [4.69, 9.17) is 0 Å². The first-order valence-electron chi connectivity index (χ1n) is 6.21. The molecule has 15 heavy (non-hydrogen) atoms. The zero-order valence-corrected chi connectivity index (χ0v) is 10.0. The summed E-state index contributed by atoms with van der Waals surface area (Å²) in [6.07, 6.45) is 7.80. The average molecular weight is 212 g/mol. The van der Waals surface area contributed by atoms with Gasteiger partial charge < -0.3 is 10.6 Å². The highest BCUT2D eigenvalue weighted by Crippen LogP contribution is 2.16. The van der Waals surface area contributed by atoms with Crippen LogP contribution in [0.2, 0.25) is 0 Å². The Bertz CT molecular complexity index is 184. The third-order valence-electron chi connectivity index (χ3n) is 2.86. The van der Waals surface area contributed by atoms with Crippen molar-refractivity contribution in [1.82, 2.24) is 10.6 Å². The molecule has 1 aliphatic rings. The van der Waals surface area contributed by atoms with Crippen LogP contribution in [0, 0.1) is 0 Å². The highest BCUT2D eigenvalue weighted by molar-refractivity contribution is 5.78. The van der Waals surface area contributed by atoms with E-state index in [0.29, 0.717) is 12.6 Å². The van der Waals surface area contributed by atoms with Crippen LogP contribution in [0.1, 0.15) is 52.4 Å². The molecule has 1 aliphatic carbocycles. The molecular weight excluding hydrogens is 188 g/mol. The minimum atomic E-state index is 0.120. The van der Waals surface area contributed by atoms with E-state index in [9.17, 15) is 4.79 Å². The second-order valence-corrected chi connectivity index (χ2v) is 4.79. The van der Waals surface area contributed by atoms with E-state index in [1.54, 1.807) is 0 Å². The summed E-state index contributed by atoms with van der Waals surface area (Å²) in [5.74, 6) is 0.120. The van der Waals surface area contributed by atoms with Crippen LogP contribution in [-0.4, -0.2) is 24.5 Å². The van der Waals surface area contributed by atoms with E-state index in [-0.39, 0.29) is 11.9 Å². The first-order chi connectivity index (χ1) is 7.18. The quantitative estimate of drug-likeness (QED) is 0.698. The summed E-state index contributed by atoms with van der Waals surface area (Å²) in [7, 11) is 0. The molecule has 0 spiro atoms. The number of carbonyl (C=O) groups excluding carboxylic acids is 1. The third kappa shape index (κ3) is 5.78. The lowest BCUT2D eigenvalue weighted by molar-refractivity contribution is -0.120. The van der Waals surface area contributed by atoms with E-state index in [1.165, 1.54) is 38.5 Å². The van der Waals surface area contributed by atoms with Gasteiger partial charge in [-0.25, -0.2) is 0 Å². The standard InChI is InChI=1S/C12H24N2O/c1-10(2)14-12(15)9-13-11-7-5-3-4-6-8-11/h10-11,13H,3-9H2,1-2H3,(H,14,15). The Morgan fingerprint density at radius 1 is 1.20 bits per heavy atom. The fraction of sp³-hybridized carbons (Fsp3) is 0.917. The number of hydrogen-bond donors (Lipinski definition) is 2. The topological polar surface area (TPSA) is 41.1 Å². The molecule has 1 rings (SSSR count). The highest BCUT2D eigenvalue weighted by atomic mass is 16.1. The molecule has 0 heterocycles. The molecular formula is C12H24N2O. The van der Waals surface area contributed by atoms with Crippen molar-refractivity contribution in [1.29, 1.82) is 0 Å². The van der Waals surface area contributed by atoms with Gasteiger partial charge >= 0.3 is 0 Å². The molecule has 3 heteroatoms. The summed E-state index contributed by atoms with van der Waals surface area (Å²) in [4.78, 5) is 11.4. The van der Waals surface area contributed by atoms with Crippen LogP contribution < -0.4 is 10.6 Å². The molecule has 0 aromatic carbocycles. The fourth-order valence-electron chi connectivity index (χ4n) is 2.09. The van der Waals surface area contributed by atoms with Gasteiger partial charge in [-0.1, -0.05) is 25.7 Å². The molecule has 0 atom stereocenters. The van der Waals surface area contributed by atoms with Crippen LogP contribution in [0.4, 0.5) is 0 Å². The number of carbonyl (C=O) groups is 1. The second-order valence-electron chi connectivity index (χ2n) is 4.79. The van der Waals surface area contributed by atoms with Crippen molar-refractivity contribution in [2.45, 2.75) is 64.5 Å². The molecule has 0 bridgehead atoms. The van der Waals surface area contributed by atoms with Gasteiger partial charge in [0.1, 0.15) is 0 Å². The molecule has 1 amide bonds. The Morgan fingerprint density at radius 2 is 1.80 bits per heavy atom. The molecule has 0 unspecified atom stereocenters. The maximum absolute atomic E-state index is 11.4. The van der Waals surface area contributed by atoms with E-state index < -0.39 is 0 Å². The van der Waals surface area contributed by atoms with E-state index in [0.717, 1.165) is 0 Å². The Balaban J connectivity index is 2.14. The Morgan fingerprint density at radius 3 is 2.33 bits per heavy atom. The van der Waals surface area contributed by atoms with Crippen molar-refractivity contribution < 1.29 is 4.79 Å². The lowest BCUT2D eigenvalue weighted by Gasteiger charge is -2.16. The van der Waals surface area contributed by atoms with Gasteiger partial charge in [-0.15, -0.1) is 0 Å². The lowest BCUT2D eigenvalue weighted by Crippen LogP contribution is -2.41. The van der Waals surface area contributed by atoms with Crippen molar-refractivity contribution in [3.05, 3.63) is 0 Å². The summed E-state index contributed by atoms with van der Waals surface area (Å²) in [5, 5.41) is 6.25. The second kappa shape index (κ2) is 6.83. The molecule has 3 nitrogen and oxygen atoms in total. The van der Waals surface area contributed by atoms with Crippen LogP contribution in [0.3, 0.4) is 0 Å². The van der Waals surface area contributed by atoms with Gasteiger partial charge in [0, 0.05) is 12.1 Å². The van der Waals surface area contributed by atoms with Gasteiger partial charge in [0.25, 0.3) is 0 Å². The monoisotopic (exact) mass is 212 g/mol. The highest BCUT2D eigenvalue weighted by Gasteiger charge is 2.12. The molecule has 0 aromatic rings. The van der Waals surface area contributed by atoms with Crippen LogP contribution in [0.5, 0.6) is 0 Å². The van der Waals surface area contributed by atoms with Gasteiger partial charge in [-0.3, -0.25) is 4.79 Å². The largest absolute Gasteiger partial charge is 0.353 e. The molecule has 0 aliphatic heterocycles. The van der Waals surface area contributed by atoms with Crippen LogP contribution in [0.15, 0.2) is 0 Å². The molecule has 0 saturated heterocycles. The SMILES string of the molecule is CC(C)NC(=O)CNC1CCCCCC1. The third-order valence-corrected chi connectivity index (χ3v) is 2.86. The molecule has 0 aromatic heterocycles. The first kappa shape index (κ1) is 12.5. The molecule has 1 saturated carbocycles. The van der Waals surface area contributed by atoms with Gasteiger partial charge in [0.15, 0.2) is 0 Å². The van der Waals surface area contributed by atoms with Crippen LogP contribution >= 0.6 is 0 Å². The number of rotatable bonds is 4. The summed E-state index contributed by atoms with van der Waals surface area (Å²) in [6, 6.07) is 0.804. The minimum Gasteiger partial charge on any atom is -0.353 e. The van der Waals surface area contributed by atoms with Crippen molar-refractivity contribution >= 4 is 5.91 Å². The number of hydrogen-bond acceptors (Lipinski definition) is 2. The van der Waals surface area contributed by atoms with Gasteiger partial charge in [0.05, 0.1) is 6.54 Å². The minimum absolute atomic E-state index is 0.120.